The van der Waals surface area contributed by atoms with Crippen LogP contribution in [0.1, 0.15) is 31.7 Å². The Kier molecular flexibility index (Phi) is 6.66. The van der Waals surface area contributed by atoms with Crippen LogP contribution in [0.5, 0.6) is 0 Å². The summed E-state index contributed by atoms with van der Waals surface area (Å²) < 4.78 is 0. The van der Waals surface area contributed by atoms with E-state index in [-0.39, 0.29) is 0 Å². The van der Waals surface area contributed by atoms with Gasteiger partial charge in [-0.3, -0.25) is 0 Å². The first kappa shape index (κ1) is 18.2. The maximum atomic E-state index is 4.13. The van der Waals surface area contributed by atoms with E-state index in [0.29, 0.717) is 0 Å². The minimum Gasteiger partial charge on any atom is -0.322 e. The second kappa shape index (κ2) is 9.17. The molecular weight excluding hydrogens is 304 g/mol. The van der Waals surface area contributed by atoms with Crippen molar-refractivity contribution >= 4 is 6.08 Å². The fourth-order valence-corrected chi connectivity index (χ4v) is 4.08. The zero-order valence-electron chi connectivity index (χ0n) is 15.8. The van der Waals surface area contributed by atoms with Crippen molar-refractivity contribution in [3.63, 3.8) is 0 Å². The fourth-order valence-electron chi connectivity index (χ4n) is 4.08. The minimum absolute atomic E-state index is 0.733. The summed E-state index contributed by atoms with van der Waals surface area (Å²) in [5.74, 6) is 0.733. The van der Waals surface area contributed by atoms with Crippen LogP contribution in [-0.2, 0) is 0 Å². The molecule has 1 aliphatic carbocycles. The number of allylic oxidation sites excluding steroid dienone is 2. The third kappa shape index (κ3) is 5.69. The molecule has 1 fully saturated rings. The molecule has 0 amide bonds. The van der Waals surface area contributed by atoms with Crippen molar-refractivity contribution in [1.82, 2.24) is 0 Å². The lowest BCUT2D eigenvalue weighted by molar-refractivity contribution is -1.01. The Morgan fingerprint density at radius 3 is 2.48 bits per heavy atom. The van der Waals surface area contributed by atoms with E-state index >= 15 is 0 Å². The summed E-state index contributed by atoms with van der Waals surface area (Å²) >= 11 is 0. The Balaban J connectivity index is 1.37. The SMILES string of the molecule is C=C(C)[C@H]1CC=C(C[NH+]2CC[NH+](C/C=C/c3ccccc3)CC2)CC1. The number of hydrogen-bond acceptors (Lipinski definition) is 0. The van der Waals surface area contributed by atoms with Gasteiger partial charge < -0.3 is 9.80 Å². The summed E-state index contributed by atoms with van der Waals surface area (Å²) in [6.07, 6.45) is 10.9. The Labute approximate surface area is 153 Å². The highest BCUT2D eigenvalue weighted by Gasteiger charge is 2.24. The minimum atomic E-state index is 0.733. The van der Waals surface area contributed by atoms with Crippen molar-refractivity contribution in [3.8, 4) is 0 Å². The predicted octanol–water partition coefficient (Wildman–Crippen LogP) is 1.79. The van der Waals surface area contributed by atoms with Crippen LogP contribution in [0.3, 0.4) is 0 Å². The number of nitrogens with one attached hydrogen (secondary N) is 2. The number of hydrogen-bond donors (Lipinski definition) is 2. The molecule has 1 heterocycles. The molecule has 1 aromatic carbocycles. The first-order valence-electron chi connectivity index (χ1n) is 9.93. The van der Waals surface area contributed by atoms with Gasteiger partial charge in [0, 0.05) is 0 Å². The second-order valence-electron chi connectivity index (χ2n) is 7.87. The lowest BCUT2D eigenvalue weighted by Gasteiger charge is -2.31. The Hall–Kier alpha value is -1.64. The molecule has 0 unspecified atom stereocenters. The fraction of sp³-hybridized carbons (Fsp3) is 0.478. The molecule has 134 valence electrons. The van der Waals surface area contributed by atoms with Crippen molar-refractivity contribution in [2.45, 2.75) is 26.2 Å². The molecule has 2 N–H and O–H groups in total. The molecule has 1 atom stereocenters. The molecule has 25 heavy (non-hydrogen) atoms. The molecule has 1 saturated heterocycles. The summed E-state index contributed by atoms with van der Waals surface area (Å²) in [5, 5.41) is 0. The number of benzene rings is 1. The van der Waals surface area contributed by atoms with Crippen molar-refractivity contribution in [2.75, 3.05) is 39.3 Å². The zero-order chi connectivity index (χ0) is 17.5. The highest BCUT2D eigenvalue weighted by atomic mass is 15.3. The van der Waals surface area contributed by atoms with E-state index in [2.05, 4.69) is 62.1 Å². The van der Waals surface area contributed by atoms with Gasteiger partial charge in [-0.05, 0) is 49.3 Å². The maximum Gasteiger partial charge on any atom is 0.127 e. The van der Waals surface area contributed by atoms with Crippen LogP contribution in [0.4, 0.5) is 0 Å². The molecule has 3 rings (SSSR count). The standard InChI is InChI=1S/C23H32N2/c1-20(2)23-12-10-22(11-13-23)19-25-17-15-24(16-18-25)14-6-9-21-7-4-3-5-8-21/h3-10,23H,1,11-19H2,2H3/p+2/b9-6+/t23-/m0/s1. The topological polar surface area (TPSA) is 8.88 Å². The highest BCUT2D eigenvalue weighted by molar-refractivity contribution is 5.48. The number of rotatable bonds is 6. The van der Waals surface area contributed by atoms with Crippen molar-refractivity contribution < 1.29 is 9.80 Å². The van der Waals surface area contributed by atoms with E-state index in [1.54, 1.807) is 15.4 Å². The second-order valence-corrected chi connectivity index (χ2v) is 7.87. The van der Waals surface area contributed by atoms with Gasteiger partial charge in [-0.2, -0.15) is 0 Å². The van der Waals surface area contributed by atoms with E-state index in [4.69, 9.17) is 0 Å². The molecule has 0 radical (unpaired) electrons. The molecule has 0 aromatic heterocycles. The van der Waals surface area contributed by atoms with Gasteiger partial charge in [0.2, 0.25) is 0 Å². The largest absolute Gasteiger partial charge is 0.322 e. The molecule has 1 aliphatic heterocycles. The first-order valence-corrected chi connectivity index (χ1v) is 9.93. The summed E-state index contributed by atoms with van der Waals surface area (Å²) in [6, 6.07) is 10.6. The molecule has 2 heteroatoms. The van der Waals surface area contributed by atoms with E-state index in [1.165, 1.54) is 63.1 Å². The molecule has 0 saturated carbocycles. The molecule has 0 spiro atoms. The van der Waals surface area contributed by atoms with Crippen molar-refractivity contribution in [3.05, 3.63) is 65.8 Å². The Morgan fingerprint density at radius 2 is 1.84 bits per heavy atom. The average Bonchev–Trinajstić information content (AvgIpc) is 2.64. The molecule has 1 aromatic rings. The zero-order valence-corrected chi connectivity index (χ0v) is 15.8. The van der Waals surface area contributed by atoms with Crippen LogP contribution in [-0.4, -0.2) is 39.3 Å². The van der Waals surface area contributed by atoms with Crippen molar-refractivity contribution in [1.29, 1.82) is 0 Å². The van der Waals surface area contributed by atoms with Gasteiger partial charge in [-0.1, -0.05) is 54.6 Å². The van der Waals surface area contributed by atoms with Gasteiger partial charge >= 0.3 is 0 Å². The monoisotopic (exact) mass is 338 g/mol. The summed E-state index contributed by atoms with van der Waals surface area (Å²) in [4.78, 5) is 3.52. The third-order valence-corrected chi connectivity index (χ3v) is 5.86. The molecule has 2 nitrogen and oxygen atoms in total. The van der Waals surface area contributed by atoms with E-state index in [1.807, 2.05) is 0 Å². The van der Waals surface area contributed by atoms with Gasteiger partial charge in [0.1, 0.15) is 26.2 Å². The normalized spacial score (nSPS) is 27.2. The van der Waals surface area contributed by atoms with Crippen molar-refractivity contribution in [2.24, 2.45) is 5.92 Å². The summed E-state index contributed by atoms with van der Waals surface area (Å²) in [5.41, 5.74) is 4.37. The van der Waals surface area contributed by atoms with Gasteiger partial charge in [0.15, 0.2) is 0 Å². The van der Waals surface area contributed by atoms with E-state index in [0.717, 1.165) is 12.5 Å². The quantitative estimate of drug-likeness (QED) is 0.732. The van der Waals surface area contributed by atoms with E-state index < -0.39 is 0 Å². The Morgan fingerprint density at radius 1 is 1.12 bits per heavy atom. The molecule has 2 aliphatic rings. The average molecular weight is 339 g/mol. The highest BCUT2D eigenvalue weighted by Crippen LogP contribution is 2.27. The van der Waals surface area contributed by atoms with Gasteiger partial charge in [-0.15, -0.1) is 0 Å². The van der Waals surface area contributed by atoms with E-state index in [9.17, 15) is 0 Å². The summed E-state index contributed by atoms with van der Waals surface area (Å²) in [6.45, 7) is 14.0. The van der Waals surface area contributed by atoms with Crippen LogP contribution in [0.2, 0.25) is 0 Å². The predicted molar refractivity (Wildman–Crippen MR) is 107 cm³/mol. The van der Waals surface area contributed by atoms with Gasteiger partial charge in [0.05, 0.1) is 13.1 Å². The van der Waals surface area contributed by atoms with Crippen LogP contribution in [0.25, 0.3) is 6.08 Å². The van der Waals surface area contributed by atoms with Crippen LogP contribution >= 0.6 is 0 Å². The number of quaternary nitrogens is 2. The lowest BCUT2D eigenvalue weighted by atomic mass is 9.85. The number of piperazine rings is 1. The molecule has 0 bridgehead atoms. The molecular formula is C23H34N2+2. The smallest absolute Gasteiger partial charge is 0.127 e. The Bertz CT molecular complexity index is 606. The van der Waals surface area contributed by atoms with Crippen LogP contribution in [0.15, 0.2) is 60.2 Å². The van der Waals surface area contributed by atoms with Gasteiger partial charge in [0.25, 0.3) is 0 Å². The first-order chi connectivity index (χ1) is 12.2. The maximum absolute atomic E-state index is 4.13. The van der Waals surface area contributed by atoms with Gasteiger partial charge in [-0.25, -0.2) is 0 Å². The summed E-state index contributed by atoms with van der Waals surface area (Å²) in [7, 11) is 0. The third-order valence-electron chi connectivity index (χ3n) is 5.86. The lowest BCUT2D eigenvalue weighted by Crippen LogP contribution is -3.28. The van der Waals surface area contributed by atoms with Crippen LogP contribution < -0.4 is 9.80 Å². The van der Waals surface area contributed by atoms with Crippen LogP contribution in [0, 0.1) is 5.92 Å².